The van der Waals surface area contributed by atoms with Gasteiger partial charge in [0.2, 0.25) is 4.80 Å². The number of para-hydroxylation sites is 1. The molecule has 0 spiro atoms. The molecule has 0 aliphatic rings. The average molecular weight is 292 g/mol. The number of benzene rings is 2. The minimum absolute atomic E-state index is 0.631. The lowest BCUT2D eigenvalue weighted by Gasteiger charge is -1.94. The van der Waals surface area contributed by atoms with E-state index >= 15 is 0 Å². The predicted octanol–water partition coefficient (Wildman–Crippen LogP) is 3.25. The fraction of sp³-hybridized carbons (Fsp3) is 0.0625. The summed E-state index contributed by atoms with van der Waals surface area (Å²) < 4.78 is 1.76. The van der Waals surface area contributed by atoms with Gasteiger partial charge in [-0.05, 0) is 24.3 Å². The first-order valence-electron chi connectivity index (χ1n) is 6.41. The molecule has 2 aromatic carbocycles. The third kappa shape index (κ3) is 2.91. The molecular weight excluding hydrogens is 280 g/mol. The summed E-state index contributed by atoms with van der Waals surface area (Å²) in [5.74, 6) is 0. The third-order valence-corrected chi connectivity index (χ3v) is 3.97. The van der Waals surface area contributed by atoms with Crippen molar-refractivity contribution in [1.29, 1.82) is 5.26 Å². The summed E-state index contributed by atoms with van der Waals surface area (Å²) in [5.41, 5.74) is 2.46. The highest BCUT2D eigenvalue weighted by molar-refractivity contribution is 7.12. The highest BCUT2D eigenvalue weighted by Gasteiger charge is 2.06. The summed E-state index contributed by atoms with van der Waals surface area (Å²) in [7, 11) is 1.87. The van der Waals surface area contributed by atoms with Gasteiger partial charge >= 0.3 is 0 Å². The van der Waals surface area contributed by atoms with Crippen LogP contribution >= 0.6 is 11.3 Å². The van der Waals surface area contributed by atoms with E-state index in [0.29, 0.717) is 5.56 Å². The Bertz CT molecular complexity index is 869. The molecular formula is C16H12N4S. The van der Waals surface area contributed by atoms with Crippen LogP contribution < -0.4 is 4.80 Å². The molecule has 0 unspecified atom stereocenters. The van der Waals surface area contributed by atoms with Gasteiger partial charge in [0.25, 0.3) is 0 Å². The van der Waals surface area contributed by atoms with Crippen molar-refractivity contribution in [2.45, 2.75) is 0 Å². The minimum atomic E-state index is 0.631. The second-order valence-electron chi connectivity index (χ2n) is 4.45. The molecule has 0 saturated heterocycles. The molecule has 0 amide bonds. The summed E-state index contributed by atoms with van der Waals surface area (Å²) in [5, 5.41) is 14.3. The maximum atomic E-state index is 8.97. The van der Waals surface area contributed by atoms with E-state index in [1.165, 1.54) is 11.3 Å². The zero-order chi connectivity index (χ0) is 14.7. The molecule has 0 bridgehead atoms. The van der Waals surface area contributed by atoms with Gasteiger partial charge in [0.1, 0.15) is 5.01 Å². The summed E-state index contributed by atoms with van der Waals surface area (Å²) in [6.45, 7) is 0. The van der Waals surface area contributed by atoms with E-state index in [2.05, 4.69) is 16.2 Å². The first kappa shape index (κ1) is 13.3. The van der Waals surface area contributed by atoms with Crippen LogP contribution in [0, 0.1) is 11.3 Å². The fourth-order valence-corrected chi connectivity index (χ4v) is 2.80. The van der Waals surface area contributed by atoms with E-state index in [0.717, 1.165) is 21.1 Å². The summed E-state index contributed by atoms with van der Waals surface area (Å²) in [4.78, 5) is 5.40. The fourth-order valence-electron chi connectivity index (χ4n) is 1.90. The number of hydrogen-bond donors (Lipinski definition) is 0. The normalized spacial score (nSPS) is 11.3. The molecule has 1 aromatic heterocycles. The molecule has 4 nitrogen and oxygen atoms in total. The second-order valence-corrected chi connectivity index (χ2v) is 5.41. The number of nitriles is 1. The van der Waals surface area contributed by atoms with Gasteiger partial charge < -0.3 is 0 Å². The van der Waals surface area contributed by atoms with Crippen LogP contribution in [0.3, 0.4) is 0 Å². The molecule has 0 fully saturated rings. The number of aromatic nitrogens is 2. The lowest BCUT2D eigenvalue weighted by molar-refractivity contribution is 0.732. The van der Waals surface area contributed by atoms with E-state index in [-0.39, 0.29) is 0 Å². The molecule has 0 aliphatic heterocycles. The molecule has 5 heteroatoms. The topological polar surface area (TPSA) is 54.0 Å². The lowest BCUT2D eigenvalue weighted by atomic mass is 10.1. The van der Waals surface area contributed by atoms with E-state index in [1.807, 2.05) is 55.6 Å². The van der Waals surface area contributed by atoms with Crippen LogP contribution in [0.1, 0.15) is 5.56 Å². The maximum absolute atomic E-state index is 8.97. The van der Waals surface area contributed by atoms with Gasteiger partial charge in [0.15, 0.2) is 0 Å². The Hall–Kier alpha value is -2.71. The number of nitrogens with zero attached hydrogens (tertiary/aromatic N) is 4. The monoisotopic (exact) mass is 292 g/mol. The Morgan fingerprint density at radius 2 is 1.95 bits per heavy atom. The van der Waals surface area contributed by atoms with Crippen molar-refractivity contribution in [2.24, 2.45) is 12.0 Å². The molecule has 0 saturated carbocycles. The van der Waals surface area contributed by atoms with Crippen LogP contribution in [0.25, 0.3) is 10.6 Å². The quantitative estimate of drug-likeness (QED) is 0.728. The molecule has 1 heterocycles. The van der Waals surface area contributed by atoms with Crippen molar-refractivity contribution >= 4 is 17.0 Å². The van der Waals surface area contributed by atoms with Gasteiger partial charge in [-0.2, -0.15) is 10.4 Å². The molecule has 3 rings (SSSR count). The van der Waals surface area contributed by atoms with Gasteiger partial charge in [0, 0.05) is 12.6 Å². The van der Waals surface area contributed by atoms with Crippen LogP contribution in [0.5, 0.6) is 0 Å². The predicted molar refractivity (Wildman–Crippen MR) is 82.9 cm³/mol. The second kappa shape index (κ2) is 5.73. The van der Waals surface area contributed by atoms with Crippen LogP contribution in [0.4, 0.5) is 5.69 Å². The number of rotatable bonds is 2. The van der Waals surface area contributed by atoms with Crippen molar-refractivity contribution in [2.75, 3.05) is 0 Å². The summed E-state index contributed by atoms with van der Waals surface area (Å²) in [6, 6.07) is 19.4. The van der Waals surface area contributed by atoms with Gasteiger partial charge in [-0.25, -0.2) is 9.67 Å². The summed E-state index contributed by atoms with van der Waals surface area (Å²) in [6.07, 6.45) is 0. The van der Waals surface area contributed by atoms with Crippen molar-refractivity contribution < 1.29 is 0 Å². The van der Waals surface area contributed by atoms with E-state index in [4.69, 9.17) is 5.26 Å². The van der Waals surface area contributed by atoms with Crippen molar-refractivity contribution in [3.8, 4) is 16.6 Å². The molecule has 0 N–H and O–H groups in total. The van der Waals surface area contributed by atoms with E-state index in [1.54, 1.807) is 10.7 Å². The molecule has 0 aliphatic carbocycles. The first-order chi connectivity index (χ1) is 10.3. The van der Waals surface area contributed by atoms with Crippen molar-refractivity contribution in [3.05, 3.63) is 65.0 Å². The minimum Gasteiger partial charge on any atom is -0.241 e. The van der Waals surface area contributed by atoms with Crippen molar-refractivity contribution in [3.63, 3.8) is 0 Å². The van der Waals surface area contributed by atoms with Gasteiger partial charge in [-0.15, -0.1) is 0 Å². The zero-order valence-electron chi connectivity index (χ0n) is 11.4. The largest absolute Gasteiger partial charge is 0.241 e. The smallest absolute Gasteiger partial charge is 0.208 e. The molecule has 21 heavy (non-hydrogen) atoms. The van der Waals surface area contributed by atoms with Gasteiger partial charge in [0.05, 0.1) is 17.3 Å². The SMILES string of the molecule is Cn1nc(-c2cccc(C#N)c2)sc1=Nc1ccccc1. The Kier molecular flexibility index (Phi) is 3.63. The van der Waals surface area contributed by atoms with E-state index in [9.17, 15) is 0 Å². The van der Waals surface area contributed by atoms with Crippen LogP contribution in [0.15, 0.2) is 59.6 Å². The highest BCUT2D eigenvalue weighted by Crippen LogP contribution is 2.20. The van der Waals surface area contributed by atoms with E-state index < -0.39 is 0 Å². The van der Waals surface area contributed by atoms with Gasteiger partial charge in [-0.1, -0.05) is 41.7 Å². The Labute approximate surface area is 126 Å². The molecule has 102 valence electrons. The number of hydrogen-bond acceptors (Lipinski definition) is 4. The van der Waals surface area contributed by atoms with Crippen molar-refractivity contribution in [1.82, 2.24) is 9.78 Å². The lowest BCUT2D eigenvalue weighted by Crippen LogP contribution is -2.10. The standard InChI is InChI=1S/C16H12N4S/c1-20-16(18-14-8-3-2-4-9-14)21-15(19-20)13-7-5-6-12(10-13)11-17/h2-10H,1H3. The Morgan fingerprint density at radius 3 is 2.71 bits per heavy atom. The van der Waals surface area contributed by atoms with Gasteiger partial charge in [-0.3, -0.25) is 0 Å². The van der Waals surface area contributed by atoms with Crippen LogP contribution in [-0.2, 0) is 7.05 Å². The highest BCUT2D eigenvalue weighted by atomic mass is 32.1. The zero-order valence-corrected chi connectivity index (χ0v) is 12.2. The van der Waals surface area contributed by atoms with Crippen LogP contribution in [-0.4, -0.2) is 9.78 Å². The molecule has 0 atom stereocenters. The van der Waals surface area contributed by atoms with Crippen LogP contribution in [0.2, 0.25) is 0 Å². The maximum Gasteiger partial charge on any atom is 0.208 e. The Morgan fingerprint density at radius 1 is 1.14 bits per heavy atom. The third-order valence-electron chi connectivity index (χ3n) is 2.93. The summed E-state index contributed by atoms with van der Waals surface area (Å²) >= 11 is 1.50. The first-order valence-corrected chi connectivity index (χ1v) is 7.22. The molecule has 3 aromatic rings. The Balaban J connectivity index is 2.06. The average Bonchev–Trinajstić information content (AvgIpc) is 2.89. The number of aryl methyl sites for hydroxylation is 1. The molecule has 0 radical (unpaired) electrons.